The standard InChI is InChI=1S/C21H14BrN3O5/c1-12-17(21(27)24(23-12)14-4-2-3-13(22)9-14)11-16-6-8-20(30-16)18-10-15(25(28)29)5-7-19(18)26/h2-11,26H,1H3. The maximum atomic E-state index is 12.9. The number of phenolic OH excluding ortho intramolecular Hbond substituents is 1. The van der Waals surface area contributed by atoms with Crippen molar-refractivity contribution >= 4 is 45.0 Å². The predicted octanol–water partition coefficient (Wildman–Crippen LogP) is 5.13. The number of phenols is 1. The van der Waals surface area contributed by atoms with Crippen LogP contribution >= 0.6 is 15.9 Å². The van der Waals surface area contributed by atoms with Crippen molar-refractivity contribution in [2.45, 2.75) is 6.92 Å². The van der Waals surface area contributed by atoms with Crippen LogP contribution < -0.4 is 5.01 Å². The lowest BCUT2D eigenvalue weighted by molar-refractivity contribution is -0.384. The number of halogens is 1. The van der Waals surface area contributed by atoms with Crippen molar-refractivity contribution in [1.29, 1.82) is 0 Å². The minimum absolute atomic E-state index is 0.148. The van der Waals surface area contributed by atoms with Gasteiger partial charge in [0.15, 0.2) is 0 Å². The minimum Gasteiger partial charge on any atom is -0.507 e. The number of rotatable bonds is 4. The van der Waals surface area contributed by atoms with Gasteiger partial charge in [0.05, 0.1) is 27.5 Å². The van der Waals surface area contributed by atoms with Gasteiger partial charge in [-0.3, -0.25) is 14.9 Å². The summed E-state index contributed by atoms with van der Waals surface area (Å²) < 4.78 is 6.54. The topological polar surface area (TPSA) is 109 Å². The molecule has 2 aromatic carbocycles. The Hall–Kier alpha value is -3.72. The van der Waals surface area contributed by atoms with Gasteiger partial charge in [-0.25, -0.2) is 0 Å². The molecule has 8 nitrogen and oxygen atoms in total. The average Bonchev–Trinajstić information content (AvgIpc) is 3.28. The molecule has 3 aromatic rings. The summed E-state index contributed by atoms with van der Waals surface area (Å²) in [6.07, 6.45) is 1.55. The maximum Gasteiger partial charge on any atom is 0.280 e. The van der Waals surface area contributed by atoms with E-state index in [1.165, 1.54) is 23.2 Å². The summed E-state index contributed by atoms with van der Waals surface area (Å²) in [7, 11) is 0. The van der Waals surface area contributed by atoms with E-state index in [0.29, 0.717) is 22.7 Å². The third-order valence-electron chi connectivity index (χ3n) is 4.49. The number of carbonyl (C=O) groups is 1. The largest absolute Gasteiger partial charge is 0.507 e. The van der Waals surface area contributed by atoms with Gasteiger partial charge < -0.3 is 9.52 Å². The second-order valence-electron chi connectivity index (χ2n) is 6.50. The number of hydrogen-bond acceptors (Lipinski definition) is 6. The molecule has 4 rings (SSSR count). The number of nitro groups is 1. The first-order valence-electron chi connectivity index (χ1n) is 8.78. The Labute approximate surface area is 179 Å². The summed E-state index contributed by atoms with van der Waals surface area (Å²) in [5.41, 5.74) is 1.53. The molecule has 0 atom stereocenters. The number of carbonyl (C=O) groups excluding carboxylic acids is 1. The van der Waals surface area contributed by atoms with Gasteiger partial charge in [0, 0.05) is 16.6 Å². The summed E-state index contributed by atoms with van der Waals surface area (Å²) >= 11 is 3.38. The number of hydrazone groups is 1. The Morgan fingerprint density at radius 1 is 1.20 bits per heavy atom. The lowest BCUT2D eigenvalue weighted by Crippen LogP contribution is -2.21. The molecular formula is C21H14BrN3O5. The van der Waals surface area contributed by atoms with Gasteiger partial charge in [-0.2, -0.15) is 10.1 Å². The first-order valence-corrected chi connectivity index (χ1v) is 9.57. The fourth-order valence-corrected chi connectivity index (χ4v) is 3.41. The van der Waals surface area contributed by atoms with Crippen molar-refractivity contribution in [3.8, 4) is 17.1 Å². The van der Waals surface area contributed by atoms with Crippen molar-refractivity contribution < 1.29 is 19.2 Å². The molecule has 0 fully saturated rings. The van der Waals surface area contributed by atoms with Crippen molar-refractivity contribution in [1.82, 2.24) is 0 Å². The van der Waals surface area contributed by atoms with E-state index in [1.54, 1.807) is 37.3 Å². The van der Waals surface area contributed by atoms with Crippen molar-refractivity contribution in [3.63, 3.8) is 0 Å². The van der Waals surface area contributed by atoms with Crippen molar-refractivity contribution in [2.75, 3.05) is 5.01 Å². The molecule has 0 spiro atoms. The van der Waals surface area contributed by atoms with E-state index < -0.39 is 4.92 Å². The van der Waals surface area contributed by atoms with Gasteiger partial charge in [-0.15, -0.1) is 0 Å². The second-order valence-corrected chi connectivity index (χ2v) is 7.42. The van der Waals surface area contributed by atoms with Crippen LogP contribution in [0.1, 0.15) is 12.7 Å². The summed E-state index contributed by atoms with van der Waals surface area (Å²) in [5.74, 6) is 0.142. The van der Waals surface area contributed by atoms with Gasteiger partial charge in [0.1, 0.15) is 17.3 Å². The fraction of sp³-hybridized carbons (Fsp3) is 0.0476. The van der Waals surface area contributed by atoms with Crippen LogP contribution in [0, 0.1) is 10.1 Å². The molecule has 0 unspecified atom stereocenters. The highest BCUT2D eigenvalue weighted by Gasteiger charge is 2.29. The number of anilines is 1. The van der Waals surface area contributed by atoms with E-state index in [9.17, 15) is 20.0 Å². The molecule has 1 aromatic heterocycles. The molecule has 0 bridgehead atoms. The first-order chi connectivity index (χ1) is 14.3. The molecule has 2 heterocycles. The third kappa shape index (κ3) is 3.62. The number of non-ortho nitro benzene ring substituents is 1. The highest BCUT2D eigenvalue weighted by molar-refractivity contribution is 9.10. The lowest BCUT2D eigenvalue weighted by Gasteiger charge is -2.11. The van der Waals surface area contributed by atoms with Gasteiger partial charge in [0.25, 0.3) is 11.6 Å². The Kier molecular flexibility index (Phi) is 4.96. The fourth-order valence-electron chi connectivity index (χ4n) is 3.02. The molecule has 30 heavy (non-hydrogen) atoms. The Morgan fingerprint density at radius 2 is 2.00 bits per heavy atom. The molecule has 150 valence electrons. The molecule has 1 amide bonds. The number of furan rings is 1. The van der Waals surface area contributed by atoms with E-state index in [2.05, 4.69) is 21.0 Å². The summed E-state index contributed by atoms with van der Waals surface area (Å²) in [6.45, 7) is 1.72. The van der Waals surface area contributed by atoms with E-state index in [1.807, 2.05) is 12.1 Å². The SMILES string of the molecule is CC1=NN(c2cccc(Br)c2)C(=O)C1=Cc1ccc(-c2cc([N+](=O)[O-])ccc2O)o1. The Balaban J connectivity index is 1.65. The number of aromatic hydroxyl groups is 1. The minimum atomic E-state index is -0.553. The van der Waals surface area contributed by atoms with Gasteiger partial charge >= 0.3 is 0 Å². The van der Waals surface area contributed by atoms with E-state index in [0.717, 1.165) is 4.47 Å². The third-order valence-corrected chi connectivity index (χ3v) is 4.98. The van der Waals surface area contributed by atoms with Crippen LogP contribution in [-0.4, -0.2) is 21.6 Å². The van der Waals surface area contributed by atoms with Crippen LogP contribution in [0.15, 0.2) is 74.2 Å². The second kappa shape index (κ2) is 7.60. The zero-order valence-corrected chi connectivity index (χ0v) is 17.2. The molecular weight excluding hydrogens is 454 g/mol. The summed E-state index contributed by atoms with van der Waals surface area (Å²) in [5, 5.41) is 26.7. The van der Waals surface area contributed by atoms with Crippen LogP contribution in [0.4, 0.5) is 11.4 Å². The first kappa shape index (κ1) is 19.6. The molecule has 1 N–H and O–H groups in total. The normalized spacial score (nSPS) is 15.0. The maximum absolute atomic E-state index is 12.9. The average molecular weight is 468 g/mol. The molecule has 0 saturated carbocycles. The highest BCUT2D eigenvalue weighted by atomic mass is 79.9. The predicted molar refractivity (Wildman–Crippen MR) is 115 cm³/mol. The quantitative estimate of drug-likeness (QED) is 0.325. The Bertz CT molecular complexity index is 1240. The number of nitrogens with zero attached hydrogens (tertiary/aromatic N) is 3. The van der Waals surface area contributed by atoms with Crippen LogP contribution in [-0.2, 0) is 4.79 Å². The number of hydrogen-bond donors (Lipinski definition) is 1. The summed E-state index contributed by atoms with van der Waals surface area (Å²) in [6, 6.07) is 14.1. The number of nitro benzene ring substituents is 1. The molecule has 0 radical (unpaired) electrons. The molecule has 0 saturated heterocycles. The van der Waals surface area contributed by atoms with Crippen LogP contribution in [0.25, 0.3) is 17.4 Å². The molecule has 0 aliphatic carbocycles. The molecule has 1 aliphatic rings. The zero-order chi connectivity index (χ0) is 21.4. The van der Waals surface area contributed by atoms with Crippen molar-refractivity contribution in [3.05, 3.63) is 80.5 Å². The summed E-state index contributed by atoms with van der Waals surface area (Å²) in [4.78, 5) is 23.3. The van der Waals surface area contributed by atoms with Gasteiger partial charge in [0.2, 0.25) is 0 Å². The van der Waals surface area contributed by atoms with E-state index in [-0.39, 0.29) is 28.7 Å². The van der Waals surface area contributed by atoms with Crippen LogP contribution in [0.5, 0.6) is 5.75 Å². The number of benzene rings is 2. The van der Waals surface area contributed by atoms with Crippen LogP contribution in [0.2, 0.25) is 0 Å². The smallest absolute Gasteiger partial charge is 0.280 e. The lowest BCUT2D eigenvalue weighted by atomic mass is 10.1. The zero-order valence-electron chi connectivity index (χ0n) is 15.6. The van der Waals surface area contributed by atoms with Gasteiger partial charge in [-0.1, -0.05) is 22.0 Å². The van der Waals surface area contributed by atoms with E-state index >= 15 is 0 Å². The molecule has 1 aliphatic heterocycles. The van der Waals surface area contributed by atoms with Crippen molar-refractivity contribution in [2.24, 2.45) is 5.10 Å². The number of amides is 1. The molecule has 9 heteroatoms. The van der Waals surface area contributed by atoms with E-state index in [4.69, 9.17) is 4.42 Å². The highest BCUT2D eigenvalue weighted by Crippen LogP contribution is 2.34. The van der Waals surface area contributed by atoms with Crippen LogP contribution in [0.3, 0.4) is 0 Å². The van der Waals surface area contributed by atoms with Gasteiger partial charge in [-0.05, 0) is 49.4 Å². The monoisotopic (exact) mass is 467 g/mol. The Morgan fingerprint density at radius 3 is 2.73 bits per heavy atom.